The van der Waals surface area contributed by atoms with Gasteiger partial charge < -0.3 is 5.11 Å². The molecule has 3 aromatic carbocycles. The molecule has 0 fully saturated rings. The number of aromatic nitrogens is 2. The second-order valence-electron chi connectivity index (χ2n) is 8.88. The van der Waals surface area contributed by atoms with Crippen molar-refractivity contribution in [2.45, 2.75) is 45.5 Å². The van der Waals surface area contributed by atoms with Crippen molar-refractivity contribution < 1.29 is 23.1 Å². The maximum absolute atomic E-state index is 14.3. The van der Waals surface area contributed by atoms with Crippen LogP contribution in [0.15, 0.2) is 83.7 Å². The van der Waals surface area contributed by atoms with Crippen molar-refractivity contribution in [2.75, 3.05) is 0 Å². The SMILES string of the molecule is CCCCc1c(C(F)(F)F)n(Cc2ccccc2)c(=O)n1Cc1ccc(-c2ccccc2C(=O)O)cc1. The predicted molar refractivity (Wildman–Crippen MR) is 136 cm³/mol. The first kappa shape index (κ1) is 26.0. The molecule has 192 valence electrons. The highest BCUT2D eigenvalue weighted by Crippen LogP contribution is 2.33. The average Bonchev–Trinajstić information content (AvgIpc) is 3.14. The minimum atomic E-state index is -4.69. The van der Waals surface area contributed by atoms with E-state index in [-0.39, 0.29) is 30.8 Å². The molecule has 0 amide bonds. The zero-order valence-electron chi connectivity index (χ0n) is 20.3. The van der Waals surface area contributed by atoms with Gasteiger partial charge in [0.05, 0.1) is 24.3 Å². The topological polar surface area (TPSA) is 64.2 Å². The van der Waals surface area contributed by atoms with Crippen LogP contribution in [0, 0.1) is 0 Å². The maximum Gasteiger partial charge on any atom is 0.433 e. The summed E-state index contributed by atoms with van der Waals surface area (Å²) < 4.78 is 44.9. The monoisotopic (exact) mass is 508 g/mol. The number of imidazole rings is 1. The largest absolute Gasteiger partial charge is 0.478 e. The molecule has 0 bridgehead atoms. The number of carboxylic acid groups (broad SMARTS) is 1. The Morgan fingerprint density at radius 1 is 0.838 bits per heavy atom. The standard InChI is InChI=1S/C29H27F3N2O3/c1-2-3-13-25-26(29(30,31)32)34(19-20-9-5-4-6-10-20)28(37)33(25)18-21-14-16-22(17-15-21)23-11-7-8-12-24(23)27(35)36/h4-12,14-17H,2-3,13,18-19H2,1H3,(H,35,36). The van der Waals surface area contributed by atoms with E-state index in [1.54, 1.807) is 72.8 Å². The average molecular weight is 509 g/mol. The number of alkyl halides is 3. The highest BCUT2D eigenvalue weighted by Gasteiger charge is 2.40. The van der Waals surface area contributed by atoms with Crippen molar-refractivity contribution in [2.24, 2.45) is 0 Å². The van der Waals surface area contributed by atoms with Crippen molar-refractivity contribution in [3.8, 4) is 11.1 Å². The second kappa shape index (κ2) is 10.9. The van der Waals surface area contributed by atoms with Crippen molar-refractivity contribution >= 4 is 5.97 Å². The summed E-state index contributed by atoms with van der Waals surface area (Å²) in [7, 11) is 0. The van der Waals surface area contributed by atoms with Gasteiger partial charge >= 0.3 is 17.8 Å². The lowest BCUT2D eigenvalue weighted by Crippen LogP contribution is -2.27. The normalized spacial score (nSPS) is 11.6. The number of hydrogen-bond acceptors (Lipinski definition) is 2. The molecule has 0 unspecified atom stereocenters. The molecule has 0 aliphatic carbocycles. The Bertz CT molecular complexity index is 1440. The molecule has 37 heavy (non-hydrogen) atoms. The number of hydrogen-bond donors (Lipinski definition) is 1. The number of rotatable bonds is 9. The summed E-state index contributed by atoms with van der Waals surface area (Å²) in [5, 5.41) is 9.48. The third kappa shape index (κ3) is 5.69. The Labute approximate surface area is 212 Å². The summed E-state index contributed by atoms with van der Waals surface area (Å²) >= 11 is 0. The van der Waals surface area contributed by atoms with Gasteiger partial charge in [-0.05, 0) is 41.2 Å². The zero-order valence-corrected chi connectivity index (χ0v) is 20.3. The van der Waals surface area contributed by atoms with Crippen LogP contribution in [-0.2, 0) is 25.7 Å². The number of aromatic carboxylic acids is 1. The van der Waals surface area contributed by atoms with E-state index in [9.17, 15) is 27.9 Å². The number of nitrogens with zero attached hydrogens (tertiary/aromatic N) is 2. The van der Waals surface area contributed by atoms with E-state index < -0.39 is 23.5 Å². The first-order valence-electron chi connectivity index (χ1n) is 12.1. The fraction of sp³-hybridized carbons (Fsp3) is 0.241. The molecule has 0 aliphatic rings. The number of halogens is 3. The molecule has 1 heterocycles. The van der Waals surface area contributed by atoms with Crippen LogP contribution in [0.1, 0.15) is 52.6 Å². The minimum Gasteiger partial charge on any atom is -0.478 e. The fourth-order valence-corrected chi connectivity index (χ4v) is 4.52. The number of carboxylic acids is 1. The molecule has 8 heteroatoms. The van der Waals surface area contributed by atoms with Crippen molar-refractivity contribution in [1.82, 2.24) is 9.13 Å². The lowest BCUT2D eigenvalue weighted by atomic mass is 9.98. The molecule has 0 atom stereocenters. The van der Waals surface area contributed by atoms with E-state index in [4.69, 9.17) is 0 Å². The van der Waals surface area contributed by atoms with E-state index in [2.05, 4.69) is 0 Å². The van der Waals surface area contributed by atoms with Gasteiger partial charge in [0.25, 0.3) is 0 Å². The van der Waals surface area contributed by atoms with Crippen molar-refractivity contribution in [3.63, 3.8) is 0 Å². The van der Waals surface area contributed by atoms with Crippen LogP contribution in [0.4, 0.5) is 13.2 Å². The minimum absolute atomic E-state index is 0.0180. The third-order valence-corrected chi connectivity index (χ3v) is 6.31. The molecular formula is C29H27F3N2O3. The van der Waals surface area contributed by atoms with Crippen LogP contribution in [0.2, 0.25) is 0 Å². The molecule has 0 spiro atoms. The number of carbonyl (C=O) groups is 1. The van der Waals surface area contributed by atoms with Gasteiger partial charge in [-0.15, -0.1) is 0 Å². The Morgan fingerprint density at radius 3 is 2.05 bits per heavy atom. The highest BCUT2D eigenvalue weighted by molar-refractivity contribution is 5.95. The van der Waals surface area contributed by atoms with Crippen LogP contribution >= 0.6 is 0 Å². The smallest absolute Gasteiger partial charge is 0.433 e. The first-order chi connectivity index (χ1) is 17.7. The number of unbranched alkanes of at least 4 members (excludes halogenated alkanes) is 1. The summed E-state index contributed by atoms with van der Waals surface area (Å²) in [6, 6.07) is 22.1. The van der Waals surface area contributed by atoms with Crippen LogP contribution in [-0.4, -0.2) is 20.2 Å². The summed E-state index contributed by atoms with van der Waals surface area (Å²) in [4.78, 5) is 25.0. The van der Waals surface area contributed by atoms with Crippen LogP contribution in [0.5, 0.6) is 0 Å². The van der Waals surface area contributed by atoms with Gasteiger partial charge in [0.2, 0.25) is 0 Å². The van der Waals surface area contributed by atoms with E-state index in [0.717, 1.165) is 4.57 Å². The van der Waals surface area contributed by atoms with E-state index in [1.165, 1.54) is 10.6 Å². The molecule has 0 aliphatic heterocycles. The van der Waals surface area contributed by atoms with Crippen LogP contribution in [0.25, 0.3) is 11.1 Å². The molecule has 0 saturated carbocycles. The lowest BCUT2D eigenvalue weighted by molar-refractivity contribution is -0.144. The molecular weight excluding hydrogens is 481 g/mol. The Hall–Kier alpha value is -4.07. The quantitative estimate of drug-likeness (QED) is 0.282. The Balaban J connectivity index is 1.76. The summed E-state index contributed by atoms with van der Waals surface area (Å²) in [6.07, 6.45) is -3.35. The summed E-state index contributed by atoms with van der Waals surface area (Å²) in [5.41, 5.74) is 0.979. The van der Waals surface area contributed by atoms with Gasteiger partial charge in [0.1, 0.15) is 5.69 Å². The summed E-state index contributed by atoms with van der Waals surface area (Å²) in [6.45, 7) is 1.69. The van der Waals surface area contributed by atoms with Crippen LogP contribution < -0.4 is 5.69 Å². The molecule has 1 N–H and O–H groups in total. The first-order valence-corrected chi connectivity index (χ1v) is 12.1. The molecule has 0 radical (unpaired) electrons. The maximum atomic E-state index is 14.3. The zero-order chi connectivity index (χ0) is 26.6. The molecule has 1 aromatic heterocycles. The van der Waals surface area contributed by atoms with Crippen molar-refractivity contribution in [1.29, 1.82) is 0 Å². The third-order valence-electron chi connectivity index (χ3n) is 6.31. The van der Waals surface area contributed by atoms with Gasteiger partial charge in [-0.25, -0.2) is 9.59 Å². The summed E-state index contributed by atoms with van der Waals surface area (Å²) in [5.74, 6) is -1.05. The predicted octanol–water partition coefficient (Wildman–Crippen LogP) is 6.47. The van der Waals surface area contributed by atoms with Gasteiger partial charge in [-0.3, -0.25) is 9.13 Å². The van der Waals surface area contributed by atoms with E-state index >= 15 is 0 Å². The highest BCUT2D eigenvalue weighted by atomic mass is 19.4. The van der Waals surface area contributed by atoms with Gasteiger partial charge in [-0.2, -0.15) is 13.2 Å². The van der Waals surface area contributed by atoms with Gasteiger partial charge in [0.15, 0.2) is 0 Å². The fourth-order valence-electron chi connectivity index (χ4n) is 4.52. The number of benzene rings is 3. The van der Waals surface area contributed by atoms with Crippen LogP contribution in [0.3, 0.4) is 0 Å². The Morgan fingerprint density at radius 2 is 1.43 bits per heavy atom. The van der Waals surface area contributed by atoms with E-state index in [1.807, 2.05) is 6.92 Å². The molecule has 5 nitrogen and oxygen atoms in total. The lowest BCUT2D eigenvalue weighted by Gasteiger charge is -2.14. The Kier molecular flexibility index (Phi) is 7.66. The second-order valence-corrected chi connectivity index (χ2v) is 8.88. The van der Waals surface area contributed by atoms with Gasteiger partial charge in [0, 0.05) is 0 Å². The molecule has 0 saturated heterocycles. The van der Waals surface area contributed by atoms with Crippen molar-refractivity contribution in [3.05, 3.63) is 117 Å². The molecule has 4 aromatic rings. The molecule has 4 rings (SSSR count). The van der Waals surface area contributed by atoms with Gasteiger partial charge in [-0.1, -0.05) is 86.1 Å². The van der Waals surface area contributed by atoms with E-state index in [0.29, 0.717) is 35.1 Å².